The first kappa shape index (κ1) is 13.0. The Balaban J connectivity index is 3.01. The number of esters is 1. The fourth-order valence-corrected chi connectivity index (χ4v) is 1.32. The number of carbonyl (C=O) groups excluding carboxylic acids is 1. The minimum atomic E-state index is -0.451. The van der Waals surface area contributed by atoms with Gasteiger partial charge in [-0.25, -0.2) is 9.78 Å². The SMILES string of the molecule is COC(=O)c1cnc(Cl)c(C#CCCBr)c1. The van der Waals surface area contributed by atoms with Crippen molar-refractivity contribution in [3.05, 3.63) is 28.5 Å². The molecule has 0 saturated carbocycles. The number of pyridine rings is 1. The van der Waals surface area contributed by atoms with E-state index in [1.807, 2.05) is 0 Å². The first-order valence-corrected chi connectivity index (χ1v) is 5.97. The molecule has 0 saturated heterocycles. The molecule has 3 nitrogen and oxygen atoms in total. The summed E-state index contributed by atoms with van der Waals surface area (Å²) in [6.45, 7) is 0. The molecule has 0 aliphatic heterocycles. The molecule has 0 unspecified atom stereocenters. The van der Waals surface area contributed by atoms with Gasteiger partial charge in [0.25, 0.3) is 0 Å². The Hall–Kier alpha value is -1.05. The summed E-state index contributed by atoms with van der Waals surface area (Å²) in [5.74, 6) is 5.30. The Morgan fingerprint density at radius 3 is 3.06 bits per heavy atom. The predicted octanol–water partition coefficient (Wildman–Crippen LogP) is 2.66. The third kappa shape index (κ3) is 3.51. The summed E-state index contributed by atoms with van der Waals surface area (Å²) in [5, 5.41) is 1.08. The van der Waals surface area contributed by atoms with Crippen LogP contribution in [-0.2, 0) is 4.74 Å². The van der Waals surface area contributed by atoms with Crippen molar-refractivity contribution in [2.24, 2.45) is 0 Å². The van der Waals surface area contributed by atoms with Crippen molar-refractivity contribution >= 4 is 33.5 Å². The minimum Gasteiger partial charge on any atom is -0.465 e. The van der Waals surface area contributed by atoms with E-state index >= 15 is 0 Å². The third-order valence-corrected chi connectivity index (χ3v) is 2.40. The van der Waals surface area contributed by atoms with Crippen LogP contribution in [0.3, 0.4) is 0 Å². The molecule has 0 N–H and O–H groups in total. The summed E-state index contributed by atoms with van der Waals surface area (Å²) in [4.78, 5) is 15.1. The highest BCUT2D eigenvalue weighted by atomic mass is 79.9. The average molecular weight is 303 g/mol. The number of rotatable bonds is 2. The standard InChI is InChI=1S/C11H9BrClNO2/c1-16-11(15)9-6-8(4-2-3-5-12)10(13)14-7-9/h6-7H,3,5H2,1H3. The molecule has 0 fully saturated rings. The van der Waals surface area contributed by atoms with Crippen LogP contribution in [0.25, 0.3) is 0 Å². The Bertz CT molecular complexity index is 451. The van der Waals surface area contributed by atoms with Crippen LogP contribution in [0, 0.1) is 11.8 Å². The summed E-state index contributed by atoms with van der Waals surface area (Å²) in [6, 6.07) is 1.57. The Morgan fingerprint density at radius 2 is 2.44 bits per heavy atom. The van der Waals surface area contributed by atoms with Gasteiger partial charge in [0, 0.05) is 17.9 Å². The molecular formula is C11H9BrClNO2. The van der Waals surface area contributed by atoms with Crippen molar-refractivity contribution in [1.29, 1.82) is 0 Å². The molecule has 1 aromatic heterocycles. The molecule has 0 amide bonds. The van der Waals surface area contributed by atoms with Crippen LogP contribution in [0.15, 0.2) is 12.3 Å². The molecular weight excluding hydrogens is 293 g/mol. The second kappa shape index (κ2) is 6.51. The average Bonchev–Trinajstić information content (AvgIpc) is 2.31. The highest BCUT2D eigenvalue weighted by molar-refractivity contribution is 9.09. The smallest absolute Gasteiger partial charge is 0.339 e. The van der Waals surface area contributed by atoms with E-state index in [9.17, 15) is 4.79 Å². The zero-order valence-electron chi connectivity index (χ0n) is 8.59. The zero-order valence-corrected chi connectivity index (χ0v) is 10.9. The maximum Gasteiger partial charge on any atom is 0.339 e. The van der Waals surface area contributed by atoms with Crippen molar-refractivity contribution < 1.29 is 9.53 Å². The largest absolute Gasteiger partial charge is 0.465 e. The minimum absolute atomic E-state index is 0.287. The zero-order chi connectivity index (χ0) is 12.0. The summed E-state index contributed by atoms with van der Waals surface area (Å²) in [7, 11) is 1.31. The van der Waals surface area contributed by atoms with Crippen molar-refractivity contribution in [2.45, 2.75) is 6.42 Å². The number of aromatic nitrogens is 1. The van der Waals surface area contributed by atoms with Crippen LogP contribution in [-0.4, -0.2) is 23.4 Å². The molecule has 1 rings (SSSR count). The number of ether oxygens (including phenoxy) is 1. The van der Waals surface area contributed by atoms with E-state index < -0.39 is 5.97 Å². The van der Waals surface area contributed by atoms with Crippen LogP contribution < -0.4 is 0 Å². The molecule has 0 bridgehead atoms. The number of hydrogen-bond donors (Lipinski definition) is 0. The van der Waals surface area contributed by atoms with Gasteiger partial charge < -0.3 is 4.74 Å². The lowest BCUT2D eigenvalue weighted by Crippen LogP contribution is -2.02. The number of methoxy groups -OCH3 is 1. The number of carbonyl (C=O) groups is 1. The summed E-state index contributed by atoms with van der Waals surface area (Å²) < 4.78 is 4.58. The maximum atomic E-state index is 11.2. The normalized spacial score (nSPS) is 9.19. The van der Waals surface area contributed by atoms with Gasteiger partial charge in [-0.15, -0.1) is 0 Å². The molecule has 0 aliphatic carbocycles. The fraction of sp³-hybridized carbons (Fsp3) is 0.273. The number of nitrogens with zero attached hydrogens (tertiary/aromatic N) is 1. The fourth-order valence-electron chi connectivity index (χ4n) is 0.970. The van der Waals surface area contributed by atoms with Crippen LogP contribution in [0.4, 0.5) is 0 Å². The quantitative estimate of drug-likeness (QED) is 0.365. The molecule has 0 aliphatic rings. The predicted molar refractivity (Wildman–Crippen MR) is 65.9 cm³/mol. The summed E-state index contributed by atoms with van der Waals surface area (Å²) in [6.07, 6.45) is 2.07. The van der Waals surface area contributed by atoms with Gasteiger partial charge in [-0.1, -0.05) is 39.4 Å². The highest BCUT2D eigenvalue weighted by Crippen LogP contribution is 2.13. The Labute approximate surface area is 107 Å². The van der Waals surface area contributed by atoms with Gasteiger partial charge in [-0.05, 0) is 6.07 Å². The number of alkyl halides is 1. The van der Waals surface area contributed by atoms with Crippen molar-refractivity contribution in [3.63, 3.8) is 0 Å². The molecule has 1 aromatic rings. The summed E-state index contributed by atoms with van der Waals surface area (Å²) >= 11 is 9.11. The molecule has 5 heteroatoms. The number of hydrogen-bond acceptors (Lipinski definition) is 3. The lowest BCUT2D eigenvalue weighted by molar-refractivity contribution is 0.0600. The van der Waals surface area contributed by atoms with Gasteiger partial charge in [0.2, 0.25) is 0 Å². The highest BCUT2D eigenvalue weighted by Gasteiger charge is 2.08. The van der Waals surface area contributed by atoms with Crippen LogP contribution in [0.1, 0.15) is 22.3 Å². The van der Waals surface area contributed by atoms with E-state index in [1.165, 1.54) is 13.3 Å². The molecule has 0 spiro atoms. The molecule has 16 heavy (non-hydrogen) atoms. The molecule has 0 radical (unpaired) electrons. The van der Waals surface area contributed by atoms with Crippen molar-refractivity contribution in [3.8, 4) is 11.8 Å². The Morgan fingerprint density at radius 1 is 1.69 bits per heavy atom. The van der Waals surface area contributed by atoms with Gasteiger partial charge in [0.15, 0.2) is 0 Å². The first-order valence-electron chi connectivity index (χ1n) is 4.47. The van der Waals surface area contributed by atoms with E-state index in [-0.39, 0.29) is 5.15 Å². The Kier molecular flexibility index (Phi) is 5.30. The van der Waals surface area contributed by atoms with Gasteiger partial charge in [0.1, 0.15) is 5.15 Å². The van der Waals surface area contributed by atoms with Gasteiger partial charge in [-0.3, -0.25) is 0 Å². The molecule has 1 heterocycles. The van der Waals surface area contributed by atoms with E-state index in [0.717, 1.165) is 5.33 Å². The topological polar surface area (TPSA) is 39.2 Å². The number of halogens is 2. The van der Waals surface area contributed by atoms with Crippen molar-refractivity contribution in [1.82, 2.24) is 4.98 Å². The monoisotopic (exact) mass is 301 g/mol. The van der Waals surface area contributed by atoms with E-state index in [4.69, 9.17) is 11.6 Å². The van der Waals surface area contributed by atoms with Crippen LogP contribution in [0.5, 0.6) is 0 Å². The molecule has 0 aromatic carbocycles. The second-order valence-electron chi connectivity index (χ2n) is 2.79. The maximum absolute atomic E-state index is 11.2. The van der Waals surface area contributed by atoms with Gasteiger partial charge in [0.05, 0.1) is 18.2 Å². The lowest BCUT2D eigenvalue weighted by atomic mass is 10.2. The third-order valence-electron chi connectivity index (χ3n) is 1.70. The van der Waals surface area contributed by atoms with Gasteiger partial charge >= 0.3 is 5.97 Å². The van der Waals surface area contributed by atoms with Crippen molar-refractivity contribution in [2.75, 3.05) is 12.4 Å². The van der Waals surface area contributed by atoms with Gasteiger partial charge in [-0.2, -0.15) is 0 Å². The molecule has 0 atom stereocenters. The first-order chi connectivity index (χ1) is 7.69. The van der Waals surface area contributed by atoms with E-state index in [2.05, 4.69) is 37.5 Å². The van der Waals surface area contributed by atoms with E-state index in [1.54, 1.807) is 6.07 Å². The summed E-state index contributed by atoms with van der Waals surface area (Å²) in [5.41, 5.74) is 0.876. The second-order valence-corrected chi connectivity index (χ2v) is 3.95. The van der Waals surface area contributed by atoms with Crippen LogP contribution in [0.2, 0.25) is 5.15 Å². The van der Waals surface area contributed by atoms with E-state index in [0.29, 0.717) is 17.5 Å². The lowest BCUT2D eigenvalue weighted by Gasteiger charge is -2.00. The van der Waals surface area contributed by atoms with Crippen LogP contribution >= 0.6 is 27.5 Å². The molecule has 84 valence electrons.